The number of aryl methyl sites for hydroxylation is 1. The van der Waals surface area contributed by atoms with E-state index in [-0.39, 0.29) is 0 Å². The maximum absolute atomic E-state index is 3.58. The predicted octanol–water partition coefficient (Wildman–Crippen LogP) is 4.12. The van der Waals surface area contributed by atoms with Gasteiger partial charge in [0.25, 0.3) is 0 Å². The van der Waals surface area contributed by atoms with Gasteiger partial charge in [0, 0.05) is 16.8 Å². The van der Waals surface area contributed by atoms with E-state index in [1.54, 1.807) is 10.4 Å². The highest BCUT2D eigenvalue weighted by molar-refractivity contribution is 7.10. The molecule has 1 N–H and O–H groups in total. The molecule has 1 aromatic heterocycles. The Morgan fingerprint density at radius 3 is 2.94 bits per heavy atom. The van der Waals surface area contributed by atoms with Gasteiger partial charge in [-0.05, 0) is 55.2 Å². The molecule has 2 aliphatic rings. The second kappa shape index (κ2) is 5.34. The first-order chi connectivity index (χ1) is 8.78. The first kappa shape index (κ1) is 12.7. The van der Waals surface area contributed by atoms with Crippen LogP contribution in [-0.4, -0.2) is 13.1 Å². The van der Waals surface area contributed by atoms with Crippen molar-refractivity contribution in [2.24, 2.45) is 5.92 Å². The van der Waals surface area contributed by atoms with Crippen molar-refractivity contribution in [3.05, 3.63) is 21.9 Å². The molecule has 0 bridgehead atoms. The van der Waals surface area contributed by atoms with Gasteiger partial charge in [-0.2, -0.15) is 0 Å². The van der Waals surface area contributed by atoms with Crippen LogP contribution in [-0.2, 0) is 11.8 Å². The zero-order valence-electron chi connectivity index (χ0n) is 11.5. The van der Waals surface area contributed by atoms with Crippen LogP contribution < -0.4 is 5.32 Å². The normalized spacial score (nSPS) is 29.2. The number of piperidine rings is 1. The van der Waals surface area contributed by atoms with Crippen LogP contribution in [0.15, 0.2) is 11.4 Å². The second-order valence-electron chi connectivity index (χ2n) is 6.43. The van der Waals surface area contributed by atoms with Crippen molar-refractivity contribution in [3.8, 4) is 0 Å². The molecule has 0 amide bonds. The van der Waals surface area contributed by atoms with Gasteiger partial charge < -0.3 is 5.32 Å². The van der Waals surface area contributed by atoms with Gasteiger partial charge in [0.15, 0.2) is 0 Å². The number of hydrogen-bond acceptors (Lipinski definition) is 2. The fourth-order valence-electron chi connectivity index (χ4n) is 3.47. The lowest BCUT2D eigenvalue weighted by Crippen LogP contribution is -2.41. The lowest BCUT2D eigenvalue weighted by molar-refractivity contribution is 0.295. The quantitative estimate of drug-likeness (QED) is 0.861. The van der Waals surface area contributed by atoms with Crippen LogP contribution in [0.3, 0.4) is 0 Å². The maximum Gasteiger partial charge on any atom is 0.00833 e. The standard InChI is InChI=1S/C16H25NS/c1-16(9-3-10-17-12-16)14-8-11-18-15(14)7-6-13-4-2-5-13/h8,11,13,17H,2-7,9-10,12H2,1H3. The smallest absolute Gasteiger partial charge is 0.00833 e. The summed E-state index contributed by atoms with van der Waals surface area (Å²) in [7, 11) is 0. The highest BCUT2D eigenvalue weighted by Gasteiger charge is 2.31. The average molecular weight is 263 g/mol. The van der Waals surface area contributed by atoms with Crippen LogP contribution in [0.1, 0.15) is 55.9 Å². The minimum atomic E-state index is 0.396. The van der Waals surface area contributed by atoms with E-state index in [4.69, 9.17) is 0 Å². The highest BCUT2D eigenvalue weighted by atomic mass is 32.1. The lowest BCUT2D eigenvalue weighted by atomic mass is 9.75. The highest BCUT2D eigenvalue weighted by Crippen LogP contribution is 2.38. The van der Waals surface area contributed by atoms with Gasteiger partial charge >= 0.3 is 0 Å². The van der Waals surface area contributed by atoms with Crippen molar-refractivity contribution < 1.29 is 0 Å². The monoisotopic (exact) mass is 263 g/mol. The van der Waals surface area contributed by atoms with Gasteiger partial charge in [-0.15, -0.1) is 11.3 Å². The van der Waals surface area contributed by atoms with E-state index in [2.05, 4.69) is 23.7 Å². The second-order valence-corrected chi connectivity index (χ2v) is 7.43. The van der Waals surface area contributed by atoms with Crippen molar-refractivity contribution in [2.45, 2.75) is 57.3 Å². The minimum absolute atomic E-state index is 0.396. The summed E-state index contributed by atoms with van der Waals surface area (Å²) in [4.78, 5) is 1.67. The molecule has 1 aromatic rings. The van der Waals surface area contributed by atoms with Crippen LogP contribution in [0.25, 0.3) is 0 Å². The molecule has 3 rings (SSSR count). The third-order valence-corrected chi connectivity index (χ3v) is 5.98. The molecule has 1 aliphatic heterocycles. The largest absolute Gasteiger partial charge is 0.316 e. The summed E-state index contributed by atoms with van der Waals surface area (Å²) in [5, 5.41) is 5.89. The van der Waals surface area contributed by atoms with Gasteiger partial charge in [0.1, 0.15) is 0 Å². The Morgan fingerprint density at radius 2 is 2.28 bits per heavy atom. The average Bonchev–Trinajstić information content (AvgIpc) is 2.77. The Balaban J connectivity index is 1.69. The van der Waals surface area contributed by atoms with Crippen molar-refractivity contribution in [3.63, 3.8) is 0 Å². The Kier molecular flexibility index (Phi) is 3.76. The van der Waals surface area contributed by atoms with Gasteiger partial charge in [0.2, 0.25) is 0 Å². The SMILES string of the molecule is CC1(c2ccsc2CCC2CCC2)CCCNC1. The van der Waals surface area contributed by atoms with Gasteiger partial charge in [-0.1, -0.05) is 26.2 Å². The number of thiophene rings is 1. The molecule has 100 valence electrons. The van der Waals surface area contributed by atoms with E-state index in [0.29, 0.717) is 5.41 Å². The molecule has 1 saturated carbocycles. The van der Waals surface area contributed by atoms with Crippen molar-refractivity contribution in [1.82, 2.24) is 5.32 Å². The number of nitrogens with one attached hydrogen (secondary N) is 1. The zero-order valence-corrected chi connectivity index (χ0v) is 12.3. The Hall–Kier alpha value is -0.340. The van der Waals surface area contributed by atoms with Crippen LogP contribution in [0, 0.1) is 5.92 Å². The summed E-state index contributed by atoms with van der Waals surface area (Å²) in [5.41, 5.74) is 2.05. The first-order valence-corrected chi connectivity index (χ1v) is 8.43. The molecular formula is C16H25NS. The van der Waals surface area contributed by atoms with Gasteiger partial charge in [-0.3, -0.25) is 0 Å². The summed E-state index contributed by atoms with van der Waals surface area (Å²) in [5.74, 6) is 1.04. The molecule has 1 nitrogen and oxygen atoms in total. The number of rotatable bonds is 4. The fraction of sp³-hybridized carbons (Fsp3) is 0.750. The molecule has 1 aliphatic carbocycles. The van der Waals surface area contributed by atoms with E-state index in [1.165, 1.54) is 58.0 Å². The fourth-order valence-corrected chi connectivity index (χ4v) is 4.52. The Bertz CT molecular complexity index is 386. The van der Waals surface area contributed by atoms with Gasteiger partial charge in [0.05, 0.1) is 0 Å². The van der Waals surface area contributed by atoms with E-state index in [1.807, 2.05) is 11.3 Å². The molecular weight excluding hydrogens is 238 g/mol. The first-order valence-electron chi connectivity index (χ1n) is 7.55. The van der Waals surface area contributed by atoms with E-state index in [9.17, 15) is 0 Å². The van der Waals surface area contributed by atoms with Crippen LogP contribution in [0.2, 0.25) is 0 Å². The predicted molar refractivity (Wildman–Crippen MR) is 79.4 cm³/mol. The molecule has 18 heavy (non-hydrogen) atoms. The minimum Gasteiger partial charge on any atom is -0.316 e. The Labute approximate surface area is 115 Å². The van der Waals surface area contributed by atoms with E-state index >= 15 is 0 Å². The van der Waals surface area contributed by atoms with Crippen LogP contribution in [0.4, 0.5) is 0 Å². The van der Waals surface area contributed by atoms with E-state index in [0.717, 1.165) is 5.92 Å². The summed E-state index contributed by atoms with van der Waals surface area (Å²) in [6.45, 7) is 4.82. The maximum atomic E-state index is 3.58. The van der Waals surface area contributed by atoms with Gasteiger partial charge in [-0.25, -0.2) is 0 Å². The van der Waals surface area contributed by atoms with Crippen molar-refractivity contribution >= 4 is 11.3 Å². The van der Waals surface area contributed by atoms with Crippen molar-refractivity contribution in [2.75, 3.05) is 13.1 Å². The zero-order chi connectivity index (χ0) is 12.4. The number of hydrogen-bond donors (Lipinski definition) is 1. The summed E-state index contributed by atoms with van der Waals surface area (Å²) < 4.78 is 0. The summed E-state index contributed by atoms with van der Waals surface area (Å²) >= 11 is 1.99. The molecule has 1 saturated heterocycles. The molecule has 2 heterocycles. The molecule has 0 aromatic carbocycles. The lowest BCUT2D eigenvalue weighted by Gasteiger charge is -2.35. The van der Waals surface area contributed by atoms with Crippen LogP contribution >= 0.6 is 11.3 Å². The molecule has 0 spiro atoms. The summed E-state index contributed by atoms with van der Waals surface area (Å²) in [6.07, 6.45) is 9.88. The Morgan fingerprint density at radius 1 is 1.39 bits per heavy atom. The van der Waals surface area contributed by atoms with Crippen molar-refractivity contribution in [1.29, 1.82) is 0 Å². The third kappa shape index (κ3) is 2.50. The molecule has 2 fully saturated rings. The molecule has 1 unspecified atom stereocenters. The van der Waals surface area contributed by atoms with Crippen LogP contribution in [0.5, 0.6) is 0 Å². The third-order valence-electron chi connectivity index (χ3n) is 5.00. The molecule has 2 heteroatoms. The molecule has 1 atom stereocenters. The van der Waals surface area contributed by atoms with E-state index < -0.39 is 0 Å². The summed E-state index contributed by atoms with van der Waals surface area (Å²) in [6, 6.07) is 2.40. The molecule has 0 radical (unpaired) electrons. The topological polar surface area (TPSA) is 12.0 Å².